The second-order valence-corrected chi connectivity index (χ2v) is 8.84. The minimum atomic E-state index is -0.496. The summed E-state index contributed by atoms with van der Waals surface area (Å²) in [6.07, 6.45) is 3.67. The van der Waals surface area contributed by atoms with E-state index in [1.54, 1.807) is 24.4 Å². The summed E-state index contributed by atoms with van der Waals surface area (Å²) in [4.78, 5) is 25.9. The van der Waals surface area contributed by atoms with E-state index in [1.165, 1.54) is 13.2 Å². The predicted molar refractivity (Wildman–Crippen MR) is 130 cm³/mol. The van der Waals surface area contributed by atoms with E-state index in [9.17, 15) is 9.18 Å². The van der Waals surface area contributed by atoms with Gasteiger partial charge in [-0.3, -0.25) is 9.78 Å². The van der Waals surface area contributed by atoms with E-state index in [0.717, 1.165) is 24.1 Å². The van der Waals surface area contributed by atoms with E-state index in [4.69, 9.17) is 14.5 Å². The fourth-order valence-corrected chi connectivity index (χ4v) is 4.84. The normalized spacial score (nSPS) is 15.6. The van der Waals surface area contributed by atoms with E-state index >= 15 is 0 Å². The number of nitrogens with zero attached hydrogens (tertiary/aromatic N) is 2. The maximum absolute atomic E-state index is 14.5. The van der Waals surface area contributed by atoms with Crippen molar-refractivity contribution >= 4 is 28.3 Å². The van der Waals surface area contributed by atoms with Gasteiger partial charge in [-0.2, -0.15) is 0 Å². The molecular weight excluding hydrogens is 449 g/mol. The van der Waals surface area contributed by atoms with Gasteiger partial charge in [0.05, 0.1) is 41.9 Å². The van der Waals surface area contributed by atoms with Crippen molar-refractivity contribution in [1.82, 2.24) is 20.3 Å². The van der Waals surface area contributed by atoms with Crippen molar-refractivity contribution in [2.75, 3.05) is 25.6 Å². The highest BCUT2D eigenvalue weighted by Crippen LogP contribution is 2.53. The third-order valence-electron chi connectivity index (χ3n) is 6.75. The van der Waals surface area contributed by atoms with Gasteiger partial charge in [-0.05, 0) is 44.0 Å². The zero-order valence-electron chi connectivity index (χ0n) is 19.4. The van der Waals surface area contributed by atoms with E-state index in [1.807, 2.05) is 19.1 Å². The summed E-state index contributed by atoms with van der Waals surface area (Å²) in [6.45, 7) is 2.97. The molecule has 0 atom stereocenters. The van der Waals surface area contributed by atoms with Gasteiger partial charge in [0.1, 0.15) is 5.52 Å². The lowest BCUT2D eigenvalue weighted by atomic mass is 9.93. The smallest absolute Gasteiger partial charge is 0.255 e. The number of carbonyl (C=O) groups is 1. The molecule has 178 valence electrons. The van der Waals surface area contributed by atoms with Crippen molar-refractivity contribution in [2.45, 2.75) is 25.2 Å². The van der Waals surface area contributed by atoms with Crippen molar-refractivity contribution in [2.24, 2.45) is 0 Å². The van der Waals surface area contributed by atoms with Crippen LogP contribution in [0.4, 0.5) is 15.8 Å². The van der Waals surface area contributed by atoms with Gasteiger partial charge in [0, 0.05) is 35.5 Å². The first-order valence-electron chi connectivity index (χ1n) is 11.6. The highest BCUT2D eigenvalue weighted by molar-refractivity contribution is 6.09. The number of hydrogen-bond acceptors (Lipinski definition) is 6. The Kier molecular flexibility index (Phi) is 4.87. The third kappa shape index (κ3) is 3.38. The number of anilines is 2. The summed E-state index contributed by atoms with van der Waals surface area (Å²) in [5.41, 5.74) is 5.03. The lowest BCUT2D eigenvalue weighted by Crippen LogP contribution is -2.39. The largest absolute Gasteiger partial charge is 0.492 e. The number of pyridine rings is 2. The lowest BCUT2D eigenvalue weighted by Gasteiger charge is -2.23. The first-order chi connectivity index (χ1) is 17.0. The fourth-order valence-electron chi connectivity index (χ4n) is 4.84. The van der Waals surface area contributed by atoms with Crippen LogP contribution >= 0.6 is 0 Å². The maximum atomic E-state index is 14.5. The molecule has 1 aromatic carbocycles. The van der Waals surface area contributed by atoms with Crippen LogP contribution < -0.4 is 20.1 Å². The predicted octanol–water partition coefficient (Wildman–Crippen LogP) is 4.69. The molecule has 4 aromatic rings. The molecule has 3 N–H and O–H groups in total. The molecule has 1 spiro atoms. The Morgan fingerprint density at radius 3 is 2.83 bits per heavy atom. The van der Waals surface area contributed by atoms with Gasteiger partial charge in [-0.15, -0.1) is 0 Å². The molecule has 8 nitrogen and oxygen atoms in total. The number of methoxy groups -OCH3 is 1. The minimum Gasteiger partial charge on any atom is -0.492 e. The number of nitrogens with one attached hydrogen (secondary N) is 3. The number of aromatic amines is 1. The van der Waals surface area contributed by atoms with E-state index < -0.39 is 5.82 Å². The van der Waals surface area contributed by atoms with E-state index in [2.05, 4.69) is 20.6 Å². The van der Waals surface area contributed by atoms with Crippen LogP contribution in [0.2, 0.25) is 0 Å². The number of rotatable bonds is 6. The van der Waals surface area contributed by atoms with E-state index in [0.29, 0.717) is 52.7 Å². The van der Waals surface area contributed by atoms with Gasteiger partial charge < -0.3 is 25.1 Å². The maximum Gasteiger partial charge on any atom is 0.255 e. The topological polar surface area (TPSA) is 101 Å². The molecule has 0 unspecified atom stereocenters. The molecule has 0 radical (unpaired) electrons. The molecule has 4 heterocycles. The van der Waals surface area contributed by atoms with E-state index in [-0.39, 0.29) is 17.1 Å². The fraction of sp³-hybridized carbons (Fsp3) is 0.269. The van der Waals surface area contributed by atoms with Crippen molar-refractivity contribution in [3.63, 3.8) is 0 Å². The molecule has 2 aliphatic rings. The third-order valence-corrected chi connectivity index (χ3v) is 6.75. The molecule has 3 aromatic heterocycles. The number of carbonyl (C=O) groups excluding carboxylic acids is 1. The van der Waals surface area contributed by atoms with Crippen LogP contribution in [0, 0.1) is 5.82 Å². The molecule has 0 saturated heterocycles. The summed E-state index contributed by atoms with van der Waals surface area (Å²) >= 11 is 0. The Bertz CT molecular complexity index is 1480. The SMILES string of the molecule is CCOc1ccc2nccc(-c3[nH]c4c(c3Nc3cccc(F)c3OC)C(=O)NCC43CC3)c2n1. The van der Waals surface area contributed by atoms with Gasteiger partial charge in [0.2, 0.25) is 5.88 Å². The highest BCUT2D eigenvalue weighted by atomic mass is 19.1. The molecule has 1 aliphatic carbocycles. The van der Waals surface area contributed by atoms with Crippen molar-refractivity contribution < 1.29 is 18.7 Å². The average molecular weight is 474 g/mol. The van der Waals surface area contributed by atoms with Gasteiger partial charge in [0.15, 0.2) is 11.6 Å². The second-order valence-electron chi connectivity index (χ2n) is 8.84. The standard InChI is InChI=1S/C26H24FN5O3/c1-3-35-18-8-7-16-20(31-18)14(9-12-28-16)21-22(30-17-6-4-5-15(27)23(17)34-2)19-24(32-21)26(10-11-26)13-29-25(19)33/h4-9,12,30,32H,3,10-11,13H2,1-2H3,(H,29,33). The quantitative estimate of drug-likeness (QED) is 0.376. The first-order valence-corrected chi connectivity index (χ1v) is 11.6. The molecule has 1 fully saturated rings. The number of benzene rings is 1. The number of H-pyrrole nitrogens is 1. The molecule has 1 amide bonds. The number of aromatic nitrogens is 3. The summed E-state index contributed by atoms with van der Waals surface area (Å²) in [5.74, 6) is -0.117. The summed E-state index contributed by atoms with van der Waals surface area (Å²) in [6, 6.07) is 10.1. The average Bonchev–Trinajstić information content (AvgIpc) is 3.54. The van der Waals surface area contributed by atoms with Crippen molar-refractivity contribution in [3.05, 3.63) is 59.7 Å². The van der Waals surface area contributed by atoms with Crippen LogP contribution in [-0.4, -0.2) is 41.1 Å². The first kappa shape index (κ1) is 21.4. The van der Waals surface area contributed by atoms with Crippen LogP contribution in [0.1, 0.15) is 35.8 Å². The number of fused-ring (bicyclic) bond motifs is 3. The number of hydrogen-bond donors (Lipinski definition) is 3. The van der Waals surface area contributed by atoms with Crippen LogP contribution in [0.15, 0.2) is 42.6 Å². The van der Waals surface area contributed by atoms with Gasteiger partial charge in [-0.25, -0.2) is 9.37 Å². The number of halogens is 1. The Morgan fingerprint density at radius 1 is 1.20 bits per heavy atom. The Labute approximate surface area is 200 Å². The molecule has 1 aliphatic heterocycles. The Hall–Kier alpha value is -4.14. The Balaban J connectivity index is 1.60. The monoisotopic (exact) mass is 473 g/mol. The van der Waals surface area contributed by atoms with Gasteiger partial charge >= 0.3 is 0 Å². The Morgan fingerprint density at radius 2 is 2.06 bits per heavy atom. The molecule has 1 saturated carbocycles. The number of para-hydroxylation sites is 1. The van der Waals surface area contributed by atoms with Crippen LogP contribution in [0.3, 0.4) is 0 Å². The lowest BCUT2D eigenvalue weighted by molar-refractivity contribution is 0.0938. The zero-order valence-corrected chi connectivity index (χ0v) is 19.4. The summed E-state index contributed by atoms with van der Waals surface area (Å²) in [5, 5.41) is 6.34. The van der Waals surface area contributed by atoms with Crippen LogP contribution in [-0.2, 0) is 5.41 Å². The molecule has 0 bridgehead atoms. The molecule has 35 heavy (non-hydrogen) atoms. The highest BCUT2D eigenvalue weighted by Gasteiger charge is 2.51. The van der Waals surface area contributed by atoms with Crippen molar-refractivity contribution in [3.8, 4) is 22.9 Å². The van der Waals surface area contributed by atoms with Gasteiger partial charge in [0.25, 0.3) is 5.91 Å². The van der Waals surface area contributed by atoms with Crippen LogP contribution in [0.25, 0.3) is 22.3 Å². The molecular formula is C26H24FN5O3. The second kappa shape index (κ2) is 7.97. The zero-order chi connectivity index (χ0) is 24.2. The summed E-state index contributed by atoms with van der Waals surface area (Å²) in [7, 11) is 1.42. The molecule has 6 rings (SSSR count). The number of ether oxygens (including phenoxy) is 2. The van der Waals surface area contributed by atoms with Gasteiger partial charge in [-0.1, -0.05) is 6.07 Å². The number of amides is 1. The van der Waals surface area contributed by atoms with Crippen molar-refractivity contribution in [1.29, 1.82) is 0 Å². The minimum absolute atomic E-state index is 0.0714. The van der Waals surface area contributed by atoms with Crippen LogP contribution in [0.5, 0.6) is 11.6 Å². The molecule has 9 heteroatoms. The summed E-state index contributed by atoms with van der Waals surface area (Å²) < 4.78 is 25.4.